The Labute approximate surface area is 136 Å². The maximum atomic E-state index is 11.9. The smallest absolute Gasteiger partial charge is 0.319 e. The quantitative estimate of drug-likeness (QED) is 0.755. The highest BCUT2D eigenvalue weighted by atomic mass is 16.2. The molecule has 118 valence electrons. The number of para-hydroxylation sites is 2. The summed E-state index contributed by atoms with van der Waals surface area (Å²) in [7, 11) is 2.08. The van der Waals surface area contributed by atoms with E-state index < -0.39 is 0 Å². The number of benzene rings is 2. The third-order valence-corrected chi connectivity index (χ3v) is 4.22. The molecule has 23 heavy (non-hydrogen) atoms. The first-order valence-electron chi connectivity index (χ1n) is 7.79. The van der Waals surface area contributed by atoms with Gasteiger partial charge >= 0.3 is 6.03 Å². The second-order valence-electron chi connectivity index (χ2n) is 5.64. The normalized spacial score (nSPS) is 10.7. The molecule has 0 aliphatic carbocycles. The van der Waals surface area contributed by atoms with E-state index in [-0.39, 0.29) is 6.03 Å². The van der Waals surface area contributed by atoms with E-state index in [0.29, 0.717) is 6.54 Å². The van der Waals surface area contributed by atoms with Gasteiger partial charge in [-0.2, -0.15) is 0 Å². The van der Waals surface area contributed by atoms with Crippen molar-refractivity contribution in [2.75, 3.05) is 11.9 Å². The summed E-state index contributed by atoms with van der Waals surface area (Å²) in [5.41, 5.74) is 4.57. The van der Waals surface area contributed by atoms with Crippen molar-refractivity contribution in [1.82, 2.24) is 9.88 Å². The van der Waals surface area contributed by atoms with Crippen LogP contribution in [0.5, 0.6) is 0 Å². The Kier molecular flexibility index (Phi) is 4.33. The molecule has 1 aromatic heterocycles. The molecular weight excluding hydrogens is 286 g/mol. The summed E-state index contributed by atoms with van der Waals surface area (Å²) < 4.78 is 2.20. The van der Waals surface area contributed by atoms with Crippen LogP contribution in [0.15, 0.2) is 54.6 Å². The molecule has 0 unspecified atom stereocenters. The molecule has 0 saturated carbocycles. The lowest BCUT2D eigenvalue weighted by Gasteiger charge is -2.08. The fourth-order valence-electron chi connectivity index (χ4n) is 2.91. The molecule has 0 bridgehead atoms. The zero-order valence-corrected chi connectivity index (χ0v) is 13.5. The molecule has 3 rings (SSSR count). The largest absolute Gasteiger partial charge is 0.348 e. The third kappa shape index (κ3) is 3.21. The standard InChI is InChI=1S/C19H21N3O/c1-14-16(17-10-6-7-11-18(17)22(14)2)12-13-20-19(23)21-15-8-4-3-5-9-15/h3-11H,12-13H2,1-2H3,(H2,20,21,23). The molecule has 1 heterocycles. The van der Waals surface area contributed by atoms with E-state index in [1.807, 2.05) is 30.3 Å². The van der Waals surface area contributed by atoms with Crippen LogP contribution in [-0.2, 0) is 13.5 Å². The van der Waals surface area contributed by atoms with Crippen LogP contribution in [0.3, 0.4) is 0 Å². The fraction of sp³-hybridized carbons (Fsp3) is 0.211. The highest BCUT2D eigenvalue weighted by Gasteiger charge is 2.11. The molecule has 2 aromatic carbocycles. The van der Waals surface area contributed by atoms with Crippen LogP contribution >= 0.6 is 0 Å². The lowest BCUT2D eigenvalue weighted by atomic mass is 10.1. The zero-order chi connectivity index (χ0) is 16.2. The number of aromatic nitrogens is 1. The van der Waals surface area contributed by atoms with E-state index in [9.17, 15) is 4.79 Å². The van der Waals surface area contributed by atoms with Crippen LogP contribution in [0.1, 0.15) is 11.3 Å². The molecule has 4 heteroatoms. The predicted molar refractivity (Wildman–Crippen MR) is 94.8 cm³/mol. The van der Waals surface area contributed by atoms with Crippen molar-refractivity contribution in [2.24, 2.45) is 7.05 Å². The second kappa shape index (κ2) is 6.57. The molecule has 0 saturated heterocycles. The van der Waals surface area contributed by atoms with Gasteiger partial charge in [0, 0.05) is 35.9 Å². The number of amides is 2. The number of carbonyl (C=O) groups excluding carboxylic acids is 1. The average Bonchev–Trinajstić information content (AvgIpc) is 2.81. The summed E-state index contributed by atoms with van der Waals surface area (Å²) in [6, 6.07) is 17.7. The van der Waals surface area contributed by atoms with Gasteiger partial charge in [0.05, 0.1) is 0 Å². The monoisotopic (exact) mass is 307 g/mol. The van der Waals surface area contributed by atoms with Gasteiger partial charge in [0.25, 0.3) is 0 Å². The van der Waals surface area contributed by atoms with Crippen LogP contribution in [0, 0.1) is 6.92 Å². The van der Waals surface area contributed by atoms with Gasteiger partial charge in [-0.1, -0.05) is 36.4 Å². The molecule has 2 N–H and O–H groups in total. The first-order valence-corrected chi connectivity index (χ1v) is 7.79. The van der Waals surface area contributed by atoms with E-state index in [1.165, 1.54) is 22.2 Å². The molecule has 0 aliphatic rings. The van der Waals surface area contributed by atoms with Crippen molar-refractivity contribution in [1.29, 1.82) is 0 Å². The number of nitrogens with zero attached hydrogens (tertiary/aromatic N) is 1. The SMILES string of the molecule is Cc1c(CCNC(=O)Nc2ccccc2)c2ccccc2n1C. The Morgan fingerprint density at radius 2 is 1.74 bits per heavy atom. The van der Waals surface area contributed by atoms with Crippen LogP contribution in [0.4, 0.5) is 10.5 Å². The Bertz CT molecular complexity index is 821. The van der Waals surface area contributed by atoms with Crippen molar-refractivity contribution < 1.29 is 4.79 Å². The molecule has 0 aliphatic heterocycles. The van der Waals surface area contributed by atoms with Crippen LogP contribution in [-0.4, -0.2) is 17.1 Å². The Balaban J connectivity index is 1.63. The van der Waals surface area contributed by atoms with E-state index >= 15 is 0 Å². The molecule has 2 amide bonds. The van der Waals surface area contributed by atoms with Gasteiger partial charge in [0.2, 0.25) is 0 Å². The van der Waals surface area contributed by atoms with E-state index in [2.05, 4.69) is 53.4 Å². The molecule has 0 radical (unpaired) electrons. The average molecular weight is 307 g/mol. The van der Waals surface area contributed by atoms with Crippen LogP contribution < -0.4 is 10.6 Å². The maximum Gasteiger partial charge on any atom is 0.319 e. The molecule has 0 fully saturated rings. The molecule has 4 nitrogen and oxygen atoms in total. The Morgan fingerprint density at radius 1 is 1.04 bits per heavy atom. The number of urea groups is 1. The number of hydrogen-bond acceptors (Lipinski definition) is 1. The molecule has 0 atom stereocenters. The zero-order valence-electron chi connectivity index (χ0n) is 13.5. The minimum Gasteiger partial charge on any atom is -0.348 e. The fourth-order valence-corrected chi connectivity index (χ4v) is 2.91. The summed E-state index contributed by atoms with van der Waals surface area (Å²) in [5.74, 6) is 0. The first-order chi connectivity index (χ1) is 11.2. The number of anilines is 1. The number of hydrogen-bond donors (Lipinski definition) is 2. The van der Waals surface area contributed by atoms with E-state index in [1.54, 1.807) is 0 Å². The number of nitrogens with one attached hydrogen (secondary N) is 2. The lowest BCUT2D eigenvalue weighted by molar-refractivity contribution is 0.252. The number of carbonyl (C=O) groups is 1. The Hall–Kier alpha value is -2.75. The summed E-state index contributed by atoms with van der Waals surface area (Å²) in [6.07, 6.45) is 0.815. The van der Waals surface area contributed by atoms with Crippen molar-refractivity contribution in [3.8, 4) is 0 Å². The van der Waals surface area contributed by atoms with Crippen molar-refractivity contribution in [3.63, 3.8) is 0 Å². The van der Waals surface area contributed by atoms with Gasteiger partial charge < -0.3 is 15.2 Å². The van der Waals surface area contributed by atoms with E-state index in [0.717, 1.165) is 12.1 Å². The summed E-state index contributed by atoms with van der Waals surface area (Å²) in [5, 5.41) is 7.01. The Morgan fingerprint density at radius 3 is 2.52 bits per heavy atom. The van der Waals surface area contributed by atoms with Gasteiger partial charge in [0.15, 0.2) is 0 Å². The lowest BCUT2D eigenvalue weighted by Crippen LogP contribution is -2.30. The minimum atomic E-state index is -0.172. The molecule has 3 aromatic rings. The minimum absolute atomic E-state index is 0.172. The molecular formula is C19H21N3O. The topological polar surface area (TPSA) is 46.1 Å². The van der Waals surface area contributed by atoms with E-state index in [4.69, 9.17) is 0 Å². The van der Waals surface area contributed by atoms with Crippen molar-refractivity contribution in [2.45, 2.75) is 13.3 Å². The van der Waals surface area contributed by atoms with Gasteiger partial charge in [-0.3, -0.25) is 0 Å². The van der Waals surface area contributed by atoms with Crippen LogP contribution in [0.25, 0.3) is 10.9 Å². The number of aryl methyl sites for hydroxylation is 1. The summed E-state index contributed by atoms with van der Waals surface area (Å²) in [6.45, 7) is 2.73. The van der Waals surface area contributed by atoms with Crippen LogP contribution in [0.2, 0.25) is 0 Å². The third-order valence-electron chi connectivity index (χ3n) is 4.22. The van der Waals surface area contributed by atoms with Crippen molar-refractivity contribution in [3.05, 3.63) is 65.9 Å². The highest BCUT2D eigenvalue weighted by molar-refractivity contribution is 5.89. The maximum absolute atomic E-state index is 11.9. The first kappa shape index (κ1) is 15.2. The van der Waals surface area contributed by atoms with Gasteiger partial charge in [-0.25, -0.2) is 4.79 Å². The number of fused-ring (bicyclic) bond motifs is 1. The van der Waals surface area contributed by atoms with Crippen molar-refractivity contribution >= 4 is 22.6 Å². The van der Waals surface area contributed by atoms with Gasteiger partial charge in [0.1, 0.15) is 0 Å². The second-order valence-corrected chi connectivity index (χ2v) is 5.64. The van der Waals surface area contributed by atoms with Gasteiger partial charge in [-0.05, 0) is 37.1 Å². The van der Waals surface area contributed by atoms with Gasteiger partial charge in [-0.15, -0.1) is 0 Å². The number of rotatable bonds is 4. The molecule has 0 spiro atoms. The summed E-state index contributed by atoms with van der Waals surface area (Å²) in [4.78, 5) is 11.9. The highest BCUT2D eigenvalue weighted by Crippen LogP contribution is 2.24. The summed E-state index contributed by atoms with van der Waals surface area (Å²) >= 11 is 0. The predicted octanol–water partition coefficient (Wildman–Crippen LogP) is 3.85.